The first-order chi connectivity index (χ1) is 15.3. The summed E-state index contributed by atoms with van der Waals surface area (Å²) in [4.78, 5) is 9.98. The lowest BCUT2D eigenvalue weighted by Gasteiger charge is -2.37. The molecule has 4 rings (SSSR count). The van der Waals surface area contributed by atoms with E-state index in [9.17, 15) is 13.2 Å². The van der Waals surface area contributed by atoms with Crippen LogP contribution < -0.4 is 13.8 Å². The largest absolute Gasteiger partial charge is 0.496 e. The molecule has 1 aliphatic heterocycles. The van der Waals surface area contributed by atoms with Crippen molar-refractivity contribution in [2.75, 3.05) is 18.6 Å². The number of rotatable bonds is 5. The Kier molecular flexibility index (Phi) is 6.14. The lowest BCUT2D eigenvalue weighted by Crippen LogP contribution is -2.34. The third-order valence-corrected chi connectivity index (χ3v) is 5.76. The minimum Gasteiger partial charge on any atom is -0.496 e. The molecule has 10 heteroatoms. The first-order valence-electron chi connectivity index (χ1n) is 9.72. The fourth-order valence-corrected chi connectivity index (χ4v) is 4.13. The number of halogens is 4. The van der Waals surface area contributed by atoms with Gasteiger partial charge in [0, 0.05) is 43.0 Å². The van der Waals surface area contributed by atoms with Crippen molar-refractivity contribution in [3.8, 4) is 22.8 Å². The molecule has 0 saturated carbocycles. The number of hydrogen-bond acceptors (Lipinski definition) is 6. The molecule has 1 unspecified atom stereocenters. The van der Waals surface area contributed by atoms with E-state index in [-0.39, 0.29) is 11.9 Å². The highest BCUT2D eigenvalue weighted by Gasteiger charge is 2.32. The zero-order valence-electron chi connectivity index (χ0n) is 17.2. The molecule has 3 heterocycles. The van der Waals surface area contributed by atoms with Gasteiger partial charge in [0.15, 0.2) is 12.0 Å². The molecule has 0 saturated heterocycles. The van der Waals surface area contributed by atoms with Crippen LogP contribution >= 0.6 is 12.0 Å². The second-order valence-electron chi connectivity index (χ2n) is 7.19. The first-order valence-corrected chi connectivity index (χ1v) is 10.5. The molecule has 5 nitrogen and oxygen atoms in total. The van der Waals surface area contributed by atoms with Crippen molar-refractivity contribution < 1.29 is 26.5 Å². The number of pyridine rings is 2. The summed E-state index contributed by atoms with van der Waals surface area (Å²) in [6.45, 7) is 2.48. The highest BCUT2D eigenvalue weighted by Crippen LogP contribution is 2.41. The Bertz CT molecular complexity index is 1110. The summed E-state index contributed by atoms with van der Waals surface area (Å²) in [7, 11) is 1.49. The molecule has 0 amide bonds. The Morgan fingerprint density at radius 2 is 1.91 bits per heavy atom. The Balaban J connectivity index is 1.61. The fraction of sp³-hybridized carbons (Fsp3) is 0.273. The van der Waals surface area contributed by atoms with Crippen molar-refractivity contribution in [3.05, 3.63) is 65.9 Å². The summed E-state index contributed by atoms with van der Waals surface area (Å²) in [5.74, 6) is -0.119. The molecule has 3 aromatic rings. The van der Waals surface area contributed by atoms with Gasteiger partial charge in [-0.25, -0.2) is 9.37 Å². The number of aromatic nitrogens is 2. The maximum Gasteiger partial charge on any atom is 0.479 e. The van der Waals surface area contributed by atoms with Crippen LogP contribution in [0.2, 0.25) is 0 Å². The van der Waals surface area contributed by atoms with Gasteiger partial charge in [0.1, 0.15) is 11.6 Å². The third-order valence-electron chi connectivity index (χ3n) is 5.32. The fourth-order valence-electron chi connectivity index (χ4n) is 3.86. The van der Waals surface area contributed by atoms with Gasteiger partial charge in [0.05, 0.1) is 18.7 Å². The third kappa shape index (κ3) is 4.59. The monoisotopic (exact) mass is 465 g/mol. The molecule has 2 aromatic heterocycles. The molecule has 0 fully saturated rings. The van der Waals surface area contributed by atoms with Crippen LogP contribution in [-0.2, 0) is 6.42 Å². The van der Waals surface area contributed by atoms with E-state index in [4.69, 9.17) is 4.74 Å². The summed E-state index contributed by atoms with van der Waals surface area (Å²) in [5, 5.41) is 0. The van der Waals surface area contributed by atoms with Crippen LogP contribution in [0.4, 0.5) is 23.2 Å². The Morgan fingerprint density at radius 3 is 2.59 bits per heavy atom. The number of nitrogens with zero attached hydrogens (tertiary/aromatic N) is 3. The predicted octanol–water partition coefficient (Wildman–Crippen LogP) is 5.96. The topological polar surface area (TPSA) is 47.5 Å². The maximum atomic E-state index is 15.1. The summed E-state index contributed by atoms with van der Waals surface area (Å²) < 4.78 is 62.4. The summed E-state index contributed by atoms with van der Waals surface area (Å²) in [6.07, 6.45) is 5.23. The number of ether oxygens (including phenoxy) is 1. The Morgan fingerprint density at radius 1 is 1.16 bits per heavy atom. The standard InChI is InChI=1S/C22H19F4N3O2S/c1-13-17-12-28-20(31-32-22(24,25)26)9-15(17)5-8-29(13)16-10-18(23)21(19(11-16)30-2)14-3-6-27-7-4-14/h3-4,6-7,9-13H,5,8H2,1-2H3. The number of fused-ring (bicyclic) bond motifs is 1. The summed E-state index contributed by atoms with van der Waals surface area (Å²) in [6, 6.07) is 8.02. The highest BCUT2D eigenvalue weighted by molar-refractivity contribution is 7.95. The maximum absolute atomic E-state index is 15.1. The minimum atomic E-state index is -4.51. The zero-order chi connectivity index (χ0) is 22.9. The van der Waals surface area contributed by atoms with E-state index in [1.807, 2.05) is 11.8 Å². The van der Waals surface area contributed by atoms with Gasteiger partial charge in [0.2, 0.25) is 5.88 Å². The van der Waals surface area contributed by atoms with E-state index in [0.29, 0.717) is 35.5 Å². The van der Waals surface area contributed by atoms with Gasteiger partial charge < -0.3 is 13.8 Å². The van der Waals surface area contributed by atoms with Crippen molar-refractivity contribution in [2.24, 2.45) is 0 Å². The van der Waals surface area contributed by atoms with Gasteiger partial charge >= 0.3 is 5.51 Å². The molecule has 32 heavy (non-hydrogen) atoms. The molecule has 0 N–H and O–H groups in total. The zero-order valence-corrected chi connectivity index (χ0v) is 18.0. The van der Waals surface area contributed by atoms with Gasteiger partial charge in [0.25, 0.3) is 0 Å². The highest BCUT2D eigenvalue weighted by atomic mass is 32.2. The molecule has 1 aliphatic rings. The predicted molar refractivity (Wildman–Crippen MR) is 114 cm³/mol. The van der Waals surface area contributed by atoms with Gasteiger partial charge in [-0.1, -0.05) is 0 Å². The van der Waals surface area contributed by atoms with Gasteiger partial charge in [-0.15, -0.1) is 0 Å². The van der Waals surface area contributed by atoms with Crippen molar-refractivity contribution in [3.63, 3.8) is 0 Å². The summed E-state index contributed by atoms with van der Waals surface area (Å²) in [5.41, 5.74) is -1.16. The van der Waals surface area contributed by atoms with Gasteiger partial charge in [-0.05, 0) is 48.2 Å². The number of anilines is 1. The van der Waals surface area contributed by atoms with Crippen molar-refractivity contribution >= 4 is 17.7 Å². The second-order valence-corrected chi connectivity index (χ2v) is 7.99. The summed E-state index contributed by atoms with van der Waals surface area (Å²) >= 11 is -0.592. The molecular formula is C22H19F4N3O2S. The van der Waals surface area contributed by atoms with Crippen LogP contribution in [0.1, 0.15) is 24.1 Å². The van der Waals surface area contributed by atoms with Gasteiger partial charge in [-0.2, -0.15) is 13.2 Å². The first kappa shape index (κ1) is 22.2. The van der Waals surface area contributed by atoms with Crippen LogP contribution in [0.5, 0.6) is 11.6 Å². The molecule has 1 aromatic carbocycles. The van der Waals surface area contributed by atoms with Crippen LogP contribution in [0, 0.1) is 5.82 Å². The number of alkyl halides is 3. The quantitative estimate of drug-likeness (QED) is 0.342. The molecule has 0 bridgehead atoms. The van der Waals surface area contributed by atoms with Crippen molar-refractivity contribution in [1.82, 2.24) is 9.97 Å². The van der Waals surface area contributed by atoms with Crippen LogP contribution in [-0.4, -0.2) is 29.1 Å². The van der Waals surface area contributed by atoms with E-state index in [1.54, 1.807) is 30.6 Å². The SMILES string of the molecule is COc1cc(N2CCc3cc(OSC(F)(F)F)ncc3C2C)cc(F)c1-c1ccncc1. The average molecular weight is 465 g/mol. The molecular weight excluding hydrogens is 446 g/mol. The average Bonchev–Trinajstić information content (AvgIpc) is 2.77. The van der Waals surface area contributed by atoms with Gasteiger partial charge in [-0.3, -0.25) is 4.98 Å². The minimum absolute atomic E-state index is 0.0962. The van der Waals surface area contributed by atoms with Crippen molar-refractivity contribution in [1.29, 1.82) is 0 Å². The smallest absolute Gasteiger partial charge is 0.479 e. The van der Waals surface area contributed by atoms with E-state index in [1.165, 1.54) is 25.4 Å². The van der Waals surface area contributed by atoms with Crippen LogP contribution in [0.15, 0.2) is 48.9 Å². The Labute approximate surface area is 186 Å². The lowest BCUT2D eigenvalue weighted by atomic mass is 9.94. The van der Waals surface area contributed by atoms with Crippen molar-refractivity contribution in [2.45, 2.75) is 24.9 Å². The van der Waals surface area contributed by atoms with E-state index >= 15 is 4.39 Å². The number of methoxy groups -OCH3 is 1. The van der Waals surface area contributed by atoms with Crippen LogP contribution in [0.3, 0.4) is 0 Å². The van der Waals surface area contributed by atoms with Crippen LogP contribution in [0.25, 0.3) is 11.1 Å². The molecule has 0 aliphatic carbocycles. The van der Waals surface area contributed by atoms with E-state index in [2.05, 4.69) is 14.2 Å². The molecule has 168 valence electrons. The molecule has 0 spiro atoms. The molecule has 1 atom stereocenters. The second kappa shape index (κ2) is 8.85. The van der Waals surface area contributed by atoms with E-state index < -0.39 is 23.4 Å². The van der Waals surface area contributed by atoms with E-state index in [0.717, 1.165) is 11.1 Å². The molecule has 0 radical (unpaired) electrons. The lowest BCUT2D eigenvalue weighted by molar-refractivity contribution is -0.0370. The number of benzene rings is 1. The normalized spacial score (nSPS) is 15.9. The Hall–Kier alpha value is -3.01. The number of hydrogen-bond donors (Lipinski definition) is 0.